The third kappa shape index (κ3) is 6.04. The van der Waals surface area contributed by atoms with Gasteiger partial charge in [-0.1, -0.05) is 44.4 Å². The van der Waals surface area contributed by atoms with Crippen LogP contribution in [0.2, 0.25) is 0 Å². The third-order valence-electron chi connectivity index (χ3n) is 1.71. The highest BCUT2D eigenvalue weighted by Crippen LogP contribution is 2.01. The van der Waals surface area contributed by atoms with Crippen LogP contribution in [0.5, 0.6) is 0 Å². The van der Waals surface area contributed by atoms with Crippen LogP contribution >= 0.6 is 12.6 Å². The van der Waals surface area contributed by atoms with E-state index in [1.165, 1.54) is 0 Å². The van der Waals surface area contributed by atoms with Crippen LogP contribution in [0.15, 0.2) is 71.7 Å². The van der Waals surface area contributed by atoms with E-state index < -0.39 is 0 Å². The number of nitrogens with one attached hydrogen (secondary N) is 1. The number of allylic oxidation sites excluding steroid dienone is 5. The molecule has 0 fully saturated rings. The molecule has 1 nitrogen and oxygen atoms in total. The second kappa shape index (κ2) is 7.71. The molecule has 84 valence electrons. The predicted octanol–water partition coefficient (Wildman–Crippen LogP) is 4.30. The summed E-state index contributed by atoms with van der Waals surface area (Å²) < 4.78 is 0. The van der Waals surface area contributed by atoms with Gasteiger partial charge in [0.05, 0.1) is 5.71 Å². The molecule has 0 aliphatic heterocycles. The molecule has 0 atom stereocenters. The lowest BCUT2D eigenvalue weighted by Gasteiger charge is -1.95. The van der Waals surface area contributed by atoms with Crippen molar-refractivity contribution in [3.05, 3.63) is 66.8 Å². The first-order valence-electron chi connectivity index (χ1n) is 4.56. The minimum absolute atomic E-state index is 0. The second-order valence-electron chi connectivity index (χ2n) is 3.03. The quantitative estimate of drug-likeness (QED) is 0.622. The van der Waals surface area contributed by atoms with Crippen molar-refractivity contribution in [2.45, 2.75) is 12.3 Å². The maximum Gasteiger partial charge on any atom is 0.0540 e. The third-order valence-corrected chi connectivity index (χ3v) is 2.01. The molecule has 0 saturated carbocycles. The Hall–Kier alpha value is -1.54. The van der Waals surface area contributed by atoms with Gasteiger partial charge in [-0.15, -0.1) is 12.6 Å². The van der Waals surface area contributed by atoms with E-state index in [0.717, 1.165) is 10.5 Å². The zero-order valence-corrected chi connectivity index (χ0v) is 9.24. The Labute approximate surface area is 103 Å². The Morgan fingerprint density at radius 3 is 1.75 bits per heavy atom. The molecule has 1 aromatic carbocycles. The molecule has 1 aliphatic carbocycles. The lowest BCUT2D eigenvalue weighted by Crippen LogP contribution is -1.88. The van der Waals surface area contributed by atoms with Gasteiger partial charge in [0.25, 0.3) is 0 Å². The van der Waals surface area contributed by atoms with Gasteiger partial charge in [-0.05, 0) is 29.9 Å². The highest BCUT2D eigenvalue weighted by Gasteiger charge is 1.89. The van der Waals surface area contributed by atoms with Gasteiger partial charge in [0, 0.05) is 4.90 Å². The topological polar surface area (TPSA) is 23.9 Å². The fraction of sp³-hybridized carbons (Fsp3) is 0.0714. The van der Waals surface area contributed by atoms with Crippen LogP contribution in [0.3, 0.4) is 0 Å². The molecule has 16 heavy (non-hydrogen) atoms. The summed E-state index contributed by atoms with van der Waals surface area (Å²) in [5, 5.41) is 7.06. The van der Waals surface area contributed by atoms with Crippen molar-refractivity contribution in [1.82, 2.24) is 0 Å². The smallest absolute Gasteiger partial charge is 0.0540 e. The highest BCUT2D eigenvalue weighted by molar-refractivity contribution is 7.80. The molecule has 0 saturated heterocycles. The maximum atomic E-state index is 7.06. The molecule has 2 rings (SSSR count). The lowest BCUT2D eigenvalue weighted by atomic mass is 10.1. The summed E-state index contributed by atoms with van der Waals surface area (Å²) in [7, 11) is 0. The predicted molar refractivity (Wildman–Crippen MR) is 75.6 cm³/mol. The minimum Gasteiger partial charge on any atom is -0.301 e. The van der Waals surface area contributed by atoms with Crippen LogP contribution in [-0.2, 0) is 0 Å². The van der Waals surface area contributed by atoms with Crippen molar-refractivity contribution in [3.63, 3.8) is 0 Å². The van der Waals surface area contributed by atoms with Gasteiger partial charge in [-0.3, -0.25) is 0 Å². The van der Waals surface area contributed by atoms with Crippen LogP contribution in [0.4, 0.5) is 0 Å². The molecule has 1 aromatic rings. The fourth-order valence-corrected chi connectivity index (χ4v) is 1.10. The minimum atomic E-state index is 0. The monoisotopic (exact) mass is 231 g/mol. The van der Waals surface area contributed by atoms with Crippen LogP contribution < -0.4 is 0 Å². The van der Waals surface area contributed by atoms with Gasteiger partial charge in [-0.25, -0.2) is 0 Å². The van der Waals surface area contributed by atoms with Crippen molar-refractivity contribution in [2.24, 2.45) is 0 Å². The van der Waals surface area contributed by atoms with E-state index in [2.05, 4.69) is 19.2 Å². The first kappa shape index (κ1) is 14.5. The van der Waals surface area contributed by atoms with E-state index in [-0.39, 0.29) is 7.43 Å². The van der Waals surface area contributed by atoms with Gasteiger partial charge in [0.2, 0.25) is 0 Å². The zero-order valence-electron chi connectivity index (χ0n) is 8.35. The molecule has 2 heteroatoms. The molecule has 0 heterocycles. The molecule has 0 spiro atoms. The Kier molecular flexibility index (Phi) is 6.97. The number of thiol groups is 1. The van der Waals surface area contributed by atoms with E-state index in [9.17, 15) is 0 Å². The van der Waals surface area contributed by atoms with E-state index in [1.807, 2.05) is 42.5 Å². The van der Waals surface area contributed by atoms with E-state index in [1.54, 1.807) is 12.2 Å². The summed E-state index contributed by atoms with van der Waals surface area (Å²) in [6.45, 7) is 3.68. The van der Waals surface area contributed by atoms with Crippen molar-refractivity contribution < 1.29 is 0 Å². The Morgan fingerprint density at radius 2 is 1.44 bits per heavy atom. The van der Waals surface area contributed by atoms with Gasteiger partial charge in [0.1, 0.15) is 0 Å². The zero-order chi connectivity index (χ0) is 11.1. The van der Waals surface area contributed by atoms with Crippen LogP contribution in [0, 0.1) is 5.41 Å². The SMILES string of the molecule is C.C=C1C=CC(=N)C=C1.Sc1ccccc1. The van der Waals surface area contributed by atoms with E-state index in [4.69, 9.17) is 5.41 Å². The summed E-state index contributed by atoms with van der Waals surface area (Å²) in [5.41, 5.74) is 1.50. The summed E-state index contributed by atoms with van der Waals surface area (Å²) in [4.78, 5) is 1.02. The van der Waals surface area contributed by atoms with Crippen LogP contribution in [0.25, 0.3) is 0 Å². The van der Waals surface area contributed by atoms with Gasteiger partial charge >= 0.3 is 0 Å². The second-order valence-corrected chi connectivity index (χ2v) is 3.55. The molecular formula is C14H17NS. The summed E-state index contributed by atoms with van der Waals surface area (Å²) in [6.07, 6.45) is 7.09. The Bertz CT molecular complexity index is 364. The molecular weight excluding hydrogens is 214 g/mol. The molecule has 0 aromatic heterocycles. The Balaban J connectivity index is 0.000000267. The average molecular weight is 231 g/mol. The van der Waals surface area contributed by atoms with Crippen molar-refractivity contribution in [1.29, 1.82) is 5.41 Å². The normalized spacial score (nSPS) is 12.6. The van der Waals surface area contributed by atoms with E-state index in [0.29, 0.717) is 5.71 Å². The number of hydrogen-bond donors (Lipinski definition) is 2. The average Bonchev–Trinajstić information content (AvgIpc) is 2.25. The molecule has 0 amide bonds. The first-order valence-corrected chi connectivity index (χ1v) is 5.01. The van der Waals surface area contributed by atoms with Crippen molar-refractivity contribution in [3.8, 4) is 0 Å². The number of rotatable bonds is 0. The van der Waals surface area contributed by atoms with Gasteiger partial charge < -0.3 is 5.41 Å². The number of hydrogen-bond acceptors (Lipinski definition) is 2. The van der Waals surface area contributed by atoms with Gasteiger partial charge in [-0.2, -0.15) is 0 Å². The summed E-state index contributed by atoms with van der Waals surface area (Å²) in [6, 6.07) is 9.79. The molecule has 1 aliphatic rings. The first-order chi connectivity index (χ1) is 7.18. The maximum absolute atomic E-state index is 7.06. The van der Waals surface area contributed by atoms with Gasteiger partial charge in [0.15, 0.2) is 0 Å². The highest BCUT2D eigenvalue weighted by atomic mass is 32.1. The van der Waals surface area contributed by atoms with Crippen LogP contribution in [-0.4, -0.2) is 5.71 Å². The van der Waals surface area contributed by atoms with Crippen molar-refractivity contribution in [2.75, 3.05) is 0 Å². The fourth-order valence-electron chi connectivity index (χ4n) is 0.933. The van der Waals surface area contributed by atoms with Crippen molar-refractivity contribution >= 4 is 18.3 Å². The molecule has 0 unspecified atom stereocenters. The number of benzene rings is 1. The molecule has 0 bridgehead atoms. The Morgan fingerprint density at radius 1 is 0.938 bits per heavy atom. The molecule has 0 radical (unpaired) electrons. The molecule has 1 N–H and O–H groups in total. The summed E-state index contributed by atoms with van der Waals surface area (Å²) >= 11 is 4.08. The summed E-state index contributed by atoms with van der Waals surface area (Å²) in [5.74, 6) is 0. The lowest BCUT2D eigenvalue weighted by molar-refractivity contribution is 1.48. The van der Waals surface area contributed by atoms with E-state index >= 15 is 0 Å². The largest absolute Gasteiger partial charge is 0.301 e. The standard InChI is InChI=1S/C7H7N.C6H6S.CH4/c1-6-2-4-7(8)5-3-6;7-6-4-2-1-3-5-6;/h2-5,8H,1H2;1-5,7H;1H4. The van der Waals surface area contributed by atoms with Crippen LogP contribution in [0.1, 0.15) is 7.43 Å².